The summed E-state index contributed by atoms with van der Waals surface area (Å²) in [6, 6.07) is 9.23. The van der Waals surface area contributed by atoms with Gasteiger partial charge < -0.3 is 5.32 Å². The number of amides is 1. The Morgan fingerprint density at radius 3 is 2.92 bits per heavy atom. The minimum absolute atomic E-state index is 0.0875. The van der Waals surface area contributed by atoms with Gasteiger partial charge in [-0.15, -0.1) is 23.1 Å². The third kappa shape index (κ3) is 4.14. The minimum atomic E-state index is -0.0984. The molecule has 0 atom stereocenters. The Kier molecular flexibility index (Phi) is 5.75. The molecule has 136 valence electrons. The lowest BCUT2D eigenvalue weighted by Gasteiger charge is -2.16. The molecule has 2 heterocycles. The van der Waals surface area contributed by atoms with Crippen molar-refractivity contribution in [1.29, 1.82) is 0 Å². The number of hydrogen-bond donors (Lipinski definition) is 1. The molecule has 0 unspecified atom stereocenters. The average molecular weight is 389 g/mol. The maximum Gasteiger partial charge on any atom is 0.259 e. The predicted molar refractivity (Wildman–Crippen MR) is 107 cm³/mol. The molecule has 0 aliphatic carbocycles. The van der Waals surface area contributed by atoms with E-state index in [-0.39, 0.29) is 18.0 Å². The number of likely N-dealkylation sites (N-methyl/N-ethyl adjacent to an activating group) is 1. The number of fused-ring (bicyclic) bond motifs is 1. The number of nitrogens with zero attached hydrogens (tertiary/aromatic N) is 3. The fourth-order valence-corrected chi connectivity index (χ4v) is 4.14. The maximum absolute atomic E-state index is 12.3. The molecule has 3 aromatic rings. The van der Waals surface area contributed by atoms with Crippen molar-refractivity contribution in [2.24, 2.45) is 0 Å². The highest BCUT2D eigenvalue weighted by Crippen LogP contribution is 2.24. The topological polar surface area (TPSA) is 66.7 Å². The number of thiazole rings is 1. The van der Waals surface area contributed by atoms with Gasteiger partial charge in [-0.25, -0.2) is 4.98 Å². The summed E-state index contributed by atoms with van der Waals surface area (Å²) in [7, 11) is 1.84. The third-order valence-electron chi connectivity index (χ3n) is 3.86. The van der Waals surface area contributed by atoms with Crippen molar-refractivity contribution in [2.75, 3.05) is 25.2 Å². The van der Waals surface area contributed by atoms with Gasteiger partial charge in [0.1, 0.15) is 0 Å². The smallest absolute Gasteiger partial charge is 0.259 e. The number of carbonyl (C=O) groups excluding carboxylic acids is 1. The quantitative estimate of drug-likeness (QED) is 0.658. The summed E-state index contributed by atoms with van der Waals surface area (Å²) < 4.78 is 1.60. The molecule has 1 aromatic carbocycles. The summed E-state index contributed by atoms with van der Waals surface area (Å²) in [6.07, 6.45) is 1.98. The molecule has 26 heavy (non-hydrogen) atoms. The number of aromatic nitrogens is 2. The van der Waals surface area contributed by atoms with Crippen LogP contribution in [0, 0.1) is 6.92 Å². The van der Waals surface area contributed by atoms with E-state index < -0.39 is 0 Å². The Labute approximate surface area is 159 Å². The van der Waals surface area contributed by atoms with E-state index in [2.05, 4.69) is 10.3 Å². The standard InChI is InChI=1S/C18H20N4O2S2/c1-12-11-26-18-19-13(8-17(24)22(12)18)9-21(2)10-16(23)20-14-6-4-5-7-15(14)25-3/h4-8,11H,9-10H2,1-3H3,(H,20,23). The lowest BCUT2D eigenvalue weighted by atomic mass is 10.3. The van der Waals surface area contributed by atoms with E-state index in [1.54, 1.807) is 16.2 Å². The van der Waals surface area contributed by atoms with Crippen molar-refractivity contribution < 1.29 is 4.79 Å². The molecule has 6 nitrogen and oxygen atoms in total. The van der Waals surface area contributed by atoms with Gasteiger partial charge in [0, 0.05) is 28.6 Å². The summed E-state index contributed by atoms with van der Waals surface area (Å²) in [5, 5.41) is 4.85. The monoisotopic (exact) mass is 388 g/mol. The van der Waals surface area contributed by atoms with E-state index in [9.17, 15) is 9.59 Å². The molecule has 1 amide bonds. The maximum atomic E-state index is 12.3. The van der Waals surface area contributed by atoms with E-state index in [0.717, 1.165) is 16.3 Å². The molecule has 2 aromatic heterocycles. The van der Waals surface area contributed by atoms with E-state index in [1.165, 1.54) is 17.4 Å². The van der Waals surface area contributed by atoms with Crippen LogP contribution < -0.4 is 10.9 Å². The van der Waals surface area contributed by atoms with Crippen molar-refractivity contribution in [3.8, 4) is 0 Å². The van der Waals surface area contributed by atoms with Crippen LogP contribution in [-0.4, -0.2) is 40.0 Å². The van der Waals surface area contributed by atoms with Gasteiger partial charge in [-0.1, -0.05) is 12.1 Å². The number of aryl methyl sites for hydroxylation is 1. The summed E-state index contributed by atoms with van der Waals surface area (Å²) in [5.74, 6) is -0.0984. The molecule has 0 aliphatic rings. The Morgan fingerprint density at radius 2 is 2.15 bits per heavy atom. The van der Waals surface area contributed by atoms with Gasteiger partial charge in [0.2, 0.25) is 5.91 Å². The molecule has 1 N–H and O–H groups in total. The molecule has 0 radical (unpaired) electrons. The number of benzene rings is 1. The SMILES string of the molecule is CSc1ccccc1NC(=O)CN(C)Cc1cc(=O)n2c(C)csc2n1. The molecule has 8 heteroatoms. The van der Waals surface area contributed by atoms with Crippen LogP contribution in [0.25, 0.3) is 4.96 Å². The molecule has 0 aliphatic heterocycles. The molecular weight excluding hydrogens is 368 g/mol. The number of nitrogens with one attached hydrogen (secondary N) is 1. The Hall–Kier alpha value is -2.16. The highest BCUT2D eigenvalue weighted by molar-refractivity contribution is 7.98. The number of carbonyl (C=O) groups is 1. The Balaban J connectivity index is 1.66. The van der Waals surface area contributed by atoms with Gasteiger partial charge in [0.05, 0.1) is 17.9 Å². The number of hydrogen-bond acceptors (Lipinski definition) is 6. The molecular formula is C18H20N4O2S2. The van der Waals surface area contributed by atoms with Crippen molar-refractivity contribution in [2.45, 2.75) is 18.4 Å². The summed E-state index contributed by atoms with van der Waals surface area (Å²) in [5.41, 5.74) is 2.27. The lowest BCUT2D eigenvalue weighted by molar-refractivity contribution is -0.117. The summed E-state index contributed by atoms with van der Waals surface area (Å²) in [6.45, 7) is 2.53. The van der Waals surface area contributed by atoms with Gasteiger partial charge in [-0.05, 0) is 32.4 Å². The van der Waals surface area contributed by atoms with Crippen LogP contribution >= 0.6 is 23.1 Å². The van der Waals surface area contributed by atoms with Crippen LogP contribution in [0.15, 0.2) is 45.4 Å². The fourth-order valence-electron chi connectivity index (χ4n) is 2.70. The van der Waals surface area contributed by atoms with Crippen LogP contribution in [0.2, 0.25) is 0 Å². The number of anilines is 1. The van der Waals surface area contributed by atoms with Crippen molar-refractivity contribution in [1.82, 2.24) is 14.3 Å². The normalized spacial score (nSPS) is 11.2. The van der Waals surface area contributed by atoms with Gasteiger partial charge in [0.15, 0.2) is 4.96 Å². The molecule has 0 saturated heterocycles. The highest BCUT2D eigenvalue weighted by Gasteiger charge is 2.12. The first-order valence-electron chi connectivity index (χ1n) is 8.06. The first kappa shape index (κ1) is 18.6. The van der Waals surface area contributed by atoms with Gasteiger partial charge in [-0.3, -0.25) is 18.9 Å². The lowest BCUT2D eigenvalue weighted by Crippen LogP contribution is -2.30. The van der Waals surface area contributed by atoms with Crippen LogP contribution in [-0.2, 0) is 11.3 Å². The zero-order valence-electron chi connectivity index (χ0n) is 14.9. The second-order valence-corrected chi connectivity index (χ2v) is 7.69. The zero-order chi connectivity index (χ0) is 18.7. The fraction of sp³-hybridized carbons (Fsp3) is 0.278. The molecule has 0 fully saturated rings. The zero-order valence-corrected chi connectivity index (χ0v) is 16.5. The summed E-state index contributed by atoms with van der Waals surface area (Å²) in [4.78, 5) is 32.6. The second kappa shape index (κ2) is 8.03. The second-order valence-electron chi connectivity index (χ2n) is 6.00. The Bertz CT molecular complexity index is 996. The van der Waals surface area contributed by atoms with Crippen LogP contribution in [0.1, 0.15) is 11.4 Å². The van der Waals surface area contributed by atoms with Gasteiger partial charge >= 0.3 is 0 Å². The number of thioether (sulfide) groups is 1. The van der Waals surface area contributed by atoms with Gasteiger partial charge in [0.25, 0.3) is 5.56 Å². The first-order chi connectivity index (χ1) is 12.5. The van der Waals surface area contributed by atoms with E-state index >= 15 is 0 Å². The third-order valence-corrected chi connectivity index (χ3v) is 5.59. The summed E-state index contributed by atoms with van der Waals surface area (Å²) >= 11 is 3.03. The largest absolute Gasteiger partial charge is 0.324 e. The van der Waals surface area contributed by atoms with Crippen molar-refractivity contribution >= 4 is 39.7 Å². The van der Waals surface area contributed by atoms with Crippen LogP contribution in [0.3, 0.4) is 0 Å². The molecule has 0 saturated carbocycles. The van der Waals surface area contributed by atoms with Crippen LogP contribution in [0.4, 0.5) is 5.69 Å². The van der Waals surface area contributed by atoms with E-state index in [1.807, 2.05) is 54.8 Å². The average Bonchev–Trinajstić information content (AvgIpc) is 2.96. The van der Waals surface area contributed by atoms with Crippen molar-refractivity contribution in [3.63, 3.8) is 0 Å². The molecule has 0 spiro atoms. The number of rotatable bonds is 6. The first-order valence-corrected chi connectivity index (χ1v) is 10.2. The van der Waals surface area contributed by atoms with Gasteiger partial charge in [-0.2, -0.15) is 0 Å². The number of para-hydroxylation sites is 1. The minimum Gasteiger partial charge on any atom is -0.324 e. The van der Waals surface area contributed by atoms with Crippen LogP contribution in [0.5, 0.6) is 0 Å². The molecule has 0 bridgehead atoms. The van der Waals surface area contributed by atoms with Crippen molar-refractivity contribution in [3.05, 3.63) is 57.5 Å². The molecule has 3 rings (SSSR count). The highest BCUT2D eigenvalue weighted by atomic mass is 32.2. The van der Waals surface area contributed by atoms with E-state index in [4.69, 9.17) is 0 Å². The van der Waals surface area contributed by atoms with E-state index in [0.29, 0.717) is 17.2 Å². The predicted octanol–water partition coefficient (Wildman–Crippen LogP) is 2.86. The Morgan fingerprint density at radius 1 is 1.38 bits per heavy atom.